The summed E-state index contributed by atoms with van der Waals surface area (Å²) in [5.41, 5.74) is 1.82. The summed E-state index contributed by atoms with van der Waals surface area (Å²) in [7, 11) is -4.38. The summed E-state index contributed by atoms with van der Waals surface area (Å²) in [6.07, 6.45) is 0. The number of rotatable bonds is 6. The molecule has 7 nitrogen and oxygen atoms in total. The first kappa shape index (κ1) is 24.8. The van der Waals surface area contributed by atoms with E-state index in [4.69, 9.17) is 4.18 Å². The first-order valence-corrected chi connectivity index (χ1v) is 13.1. The van der Waals surface area contributed by atoms with Gasteiger partial charge in [0.15, 0.2) is 4.98 Å². The average molecular weight is 523 g/mol. The van der Waals surface area contributed by atoms with Gasteiger partial charge in [-0.1, -0.05) is 78.9 Å². The van der Waals surface area contributed by atoms with E-state index < -0.39 is 27.0 Å². The minimum atomic E-state index is -4.38. The third-order valence-electron chi connectivity index (χ3n) is 6.75. The quantitative estimate of drug-likeness (QED) is 0.161. The molecule has 0 radical (unpaired) electrons. The largest absolute Gasteiger partial charge is 0.867 e. The van der Waals surface area contributed by atoms with E-state index in [0.29, 0.717) is 0 Å². The summed E-state index contributed by atoms with van der Waals surface area (Å²) in [5, 5.41) is 31.8. The molecular weight excluding hydrogens is 500 g/mol. The Morgan fingerprint density at radius 2 is 1.32 bits per heavy atom. The average Bonchev–Trinajstić information content (AvgIpc) is 2.94. The van der Waals surface area contributed by atoms with Crippen molar-refractivity contribution < 1.29 is 22.8 Å². The number of phenolic OH excluding ortho intramolecular Hbond substituents is 1. The van der Waals surface area contributed by atoms with E-state index >= 15 is 0 Å². The van der Waals surface area contributed by atoms with Gasteiger partial charge < -0.3 is 14.4 Å². The first-order chi connectivity index (χ1) is 18.2. The molecular formula is C30H22N2O5S. The smallest absolute Gasteiger partial charge is 0.379 e. The summed E-state index contributed by atoms with van der Waals surface area (Å²) >= 11 is 0. The number of nitrogens with zero attached hydrogens (tertiary/aromatic N) is 2. The number of hydrogen-bond donors (Lipinski definition) is 1. The number of benzene rings is 5. The standard InChI is InChI=1S/C30H22N2O5S/c1-30(20-7-3-2-4-8-20,21-11-15-23(33)16-12-21)22-13-17-24(18-14-22)37-38(35,36)28-19-27(32-31)29(34)26-10-6-5-9-25(26)28/h2-19H,1H3,(H-,33,34). The molecule has 5 aromatic rings. The van der Waals surface area contributed by atoms with Crippen molar-refractivity contribution >= 4 is 26.6 Å². The van der Waals surface area contributed by atoms with Crippen molar-refractivity contribution in [3.63, 3.8) is 0 Å². The lowest BCUT2D eigenvalue weighted by atomic mass is 9.71. The van der Waals surface area contributed by atoms with Crippen LogP contribution in [0, 0.1) is 5.39 Å². The Morgan fingerprint density at radius 1 is 0.789 bits per heavy atom. The molecule has 8 heteroatoms. The van der Waals surface area contributed by atoms with Crippen molar-refractivity contribution in [1.29, 1.82) is 5.39 Å². The predicted octanol–water partition coefficient (Wildman–Crippen LogP) is 6.23. The topological polar surface area (TPSA) is 115 Å². The Balaban J connectivity index is 1.55. The minimum absolute atomic E-state index is 0.0765. The van der Waals surface area contributed by atoms with E-state index in [1.165, 1.54) is 12.1 Å². The molecule has 188 valence electrons. The molecule has 0 amide bonds. The Kier molecular flexibility index (Phi) is 6.23. The van der Waals surface area contributed by atoms with Crippen LogP contribution in [-0.4, -0.2) is 13.5 Å². The van der Waals surface area contributed by atoms with Crippen molar-refractivity contribution in [2.75, 3.05) is 0 Å². The molecule has 1 N–H and O–H groups in total. The van der Waals surface area contributed by atoms with Gasteiger partial charge in [0.05, 0.1) is 6.07 Å². The van der Waals surface area contributed by atoms with Crippen LogP contribution in [0.4, 0.5) is 5.69 Å². The van der Waals surface area contributed by atoms with Gasteiger partial charge in [0.25, 0.3) is 0 Å². The molecule has 1 unspecified atom stereocenters. The molecule has 0 fully saturated rings. The second-order valence-electron chi connectivity index (χ2n) is 8.97. The van der Waals surface area contributed by atoms with Gasteiger partial charge in [0.2, 0.25) is 5.39 Å². The van der Waals surface area contributed by atoms with Crippen LogP contribution in [0.3, 0.4) is 0 Å². The SMILES string of the molecule is CC(c1ccccc1)(c1ccc(O)cc1)c1ccc(OS(=O)(=O)c2cc([N+]#N)c([O-])c3ccccc23)cc1. The van der Waals surface area contributed by atoms with Gasteiger partial charge in [-0.2, -0.15) is 8.42 Å². The highest BCUT2D eigenvalue weighted by atomic mass is 32.2. The zero-order valence-electron chi connectivity index (χ0n) is 20.3. The zero-order chi connectivity index (χ0) is 26.9. The van der Waals surface area contributed by atoms with Gasteiger partial charge in [0, 0.05) is 10.8 Å². The second-order valence-corrected chi connectivity index (χ2v) is 10.5. The Bertz CT molecular complexity index is 1780. The van der Waals surface area contributed by atoms with E-state index in [2.05, 4.69) is 11.9 Å². The van der Waals surface area contributed by atoms with Crippen LogP contribution >= 0.6 is 0 Å². The van der Waals surface area contributed by atoms with Gasteiger partial charge in [-0.3, -0.25) is 0 Å². The fourth-order valence-corrected chi connectivity index (χ4v) is 5.82. The van der Waals surface area contributed by atoms with Gasteiger partial charge >= 0.3 is 15.8 Å². The maximum atomic E-state index is 13.3. The lowest BCUT2D eigenvalue weighted by molar-refractivity contribution is -0.264. The molecule has 0 aliphatic carbocycles. The van der Waals surface area contributed by atoms with Crippen molar-refractivity contribution in [3.8, 4) is 17.2 Å². The highest BCUT2D eigenvalue weighted by Gasteiger charge is 2.31. The summed E-state index contributed by atoms with van der Waals surface area (Å²) in [4.78, 5) is 2.68. The molecule has 0 heterocycles. The predicted molar refractivity (Wildman–Crippen MR) is 142 cm³/mol. The molecule has 0 saturated carbocycles. The summed E-state index contributed by atoms with van der Waals surface area (Å²) in [6.45, 7) is 2.05. The van der Waals surface area contributed by atoms with Crippen molar-refractivity contribution in [3.05, 3.63) is 131 Å². The Morgan fingerprint density at radius 3 is 1.92 bits per heavy atom. The maximum absolute atomic E-state index is 13.3. The normalized spacial score (nSPS) is 12.9. The summed E-state index contributed by atoms with van der Waals surface area (Å²) in [5.74, 6) is -0.346. The van der Waals surface area contributed by atoms with Gasteiger partial charge in [-0.25, -0.2) is 0 Å². The molecule has 0 spiro atoms. The molecule has 0 bridgehead atoms. The number of diazo groups is 1. The Hall–Kier alpha value is -4.87. The van der Waals surface area contributed by atoms with E-state index in [-0.39, 0.29) is 27.2 Å². The fourth-order valence-electron chi connectivity index (χ4n) is 4.66. The lowest BCUT2D eigenvalue weighted by Crippen LogP contribution is -2.25. The minimum Gasteiger partial charge on any atom is -0.867 e. The van der Waals surface area contributed by atoms with Crippen molar-refractivity contribution in [2.45, 2.75) is 17.2 Å². The third-order valence-corrected chi connectivity index (χ3v) is 8.04. The molecule has 0 saturated heterocycles. The van der Waals surface area contributed by atoms with E-state index in [1.54, 1.807) is 48.5 Å². The molecule has 38 heavy (non-hydrogen) atoms. The van der Waals surface area contributed by atoms with E-state index in [9.17, 15) is 24.0 Å². The fraction of sp³-hybridized carbons (Fsp3) is 0.0667. The Labute approximate surface area is 220 Å². The van der Waals surface area contributed by atoms with Crippen LogP contribution in [0.1, 0.15) is 23.6 Å². The van der Waals surface area contributed by atoms with Crippen molar-refractivity contribution in [2.24, 2.45) is 0 Å². The first-order valence-electron chi connectivity index (χ1n) is 11.7. The lowest BCUT2D eigenvalue weighted by Gasteiger charge is -2.32. The van der Waals surface area contributed by atoms with Gasteiger partial charge in [-0.15, -0.1) is 0 Å². The molecule has 0 aliphatic heterocycles. The van der Waals surface area contributed by atoms with Crippen LogP contribution in [-0.2, 0) is 15.5 Å². The molecule has 0 aromatic heterocycles. The van der Waals surface area contributed by atoms with Crippen molar-refractivity contribution in [1.82, 2.24) is 0 Å². The summed E-state index contributed by atoms with van der Waals surface area (Å²) < 4.78 is 32.0. The van der Waals surface area contributed by atoms with Gasteiger partial charge in [0.1, 0.15) is 16.4 Å². The number of aromatic hydroxyl groups is 1. The highest BCUT2D eigenvalue weighted by molar-refractivity contribution is 7.87. The summed E-state index contributed by atoms with van der Waals surface area (Å²) in [6, 6.07) is 30.7. The highest BCUT2D eigenvalue weighted by Crippen LogP contribution is 2.41. The molecule has 0 aliphatic rings. The van der Waals surface area contributed by atoms with Crippen LogP contribution in [0.2, 0.25) is 0 Å². The third kappa shape index (κ3) is 4.29. The second kappa shape index (κ2) is 9.54. The van der Waals surface area contributed by atoms with Crippen LogP contribution in [0.15, 0.2) is 114 Å². The number of fused-ring (bicyclic) bond motifs is 1. The van der Waals surface area contributed by atoms with Crippen LogP contribution in [0.25, 0.3) is 15.7 Å². The van der Waals surface area contributed by atoms with Crippen LogP contribution in [0.5, 0.6) is 17.2 Å². The molecule has 5 aromatic carbocycles. The maximum Gasteiger partial charge on any atom is 0.379 e. The number of phenols is 1. The monoisotopic (exact) mass is 522 g/mol. The zero-order valence-corrected chi connectivity index (χ0v) is 21.1. The number of hydrogen-bond acceptors (Lipinski definition) is 6. The molecule has 1 atom stereocenters. The molecule has 5 rings (SSSR count). The van der Waals surface area contributed by atoms with Crippen LogP contribution < -0.4 is 9.29 Å². The van der Waals surface area contributed by atoms with E-state index in [1.807, 2.05) is 42.5 Å². The van der Waals surface area contributed by atoms with E-state index in [0.717, 1.165) is 22.8 Å². The van der Waals surface area contributed by atoms with Gasteiger partial charge in [-0.05, 0) is 59.0 Å².